The standard InChI is InChI=1S/C19H29N5O5S/c1-3-20-8-10-22(11-9-20)19(25)16(2)21-12-14-23(15-13-21)30(28,29)18-7-5-4-6-17(18)24(26)27/h4-7,16H,3,8-15H2,1-2H3. The maximum absolute atomic E-state index is 13.0. The van der Waals surface area contributed by atoms with Gasteiger partial charge in [-0.05, 0) is 19.5 Å². The van der Waals surface area contributed by atoms with Crippen molar-refractivity contribution in [2.45, 2.75) is 24.8 Å². The number of amides is 1. The van der Waals surface area contributed by atoms with Crippen LogP contribution in [0.3, 0.4) is 0 Å². The topological polar surface area (TPSA) is 107 Å². The summed E-state index contributed by atoms with van der Waals surface area (Å²) in [7, 11) is -3.97. The monoisotopic (exact) mass is 439 g/mol. The van der Waals surface area contributed by atoms with Gasteiger partial charge in [0.2, 0.25) is 15.9 Å². The fourth-order valence-corrected chi connectivity index (χ4v) is 5.58. The lowest BCUT2D eigenvalue weighted by Gasteiger charge is -2.40. The van der Waals surface area contributed by atoms with E-state index in [1.807, 2.05) is 16.7 Å². The Labute approximate surface area is 177 Å². The second-order valence-electron chi connectivity index (χ2n) is 7.60. The molecular weight excluding hydrogens is 410 g/mol. The molecule has 11 heteroatoms. The number of carbonyl (C=O) groups excluding carboxylic acids is 1. The van der Waals surface area contributed by atoms with Crippen molar-refractivity contribution in [3.05, 3.63) is 34.4 Å². The van der Waals surface area contributed by atoms with Crippen LogP contribution in [-0.4, -0.2) is 103 Å². The number of piperazine rings is 2. The Morgan fingerprint density at radius 3 is 2.23 bits per heavy atom. The molecule has 2 saturated heterocycles. The summed E-state index contributed by atoms with van der Waals surface area (Å²) in [5.41, 5.74) is -0.422. The number of hydrogen-bond donors (Lipinski definition) is 0. The van der Waals surface area contributed by atoms with Crippen LogP contribution in [0.4, 0.5) is 5.69 Å². The predicted octanol–water partition coefficient (Wildman–Crippen LogP) is 0.454. The largest absolute Gasteiger partial charge is 0.339 e. The summed E-state index contributed by atoms with van der Waals surface area (Å²) >= 11 is 0. The van der Waals surface area contributed by atoms with E-state index >= 15 is 0 Å². The van der Waals surface area contributed by atoms with Crippen LogP contribution in [-0.2, 0) is 14.8 Å². The minimum Gasteiger partial charge on any atom is -0.339 e. The summed E-state index contributed by atoms with van der Waals surface area (Å²) in [5, 5.41) is 11.2. The molecule has 2 heterocycles. The Morgan fingerprint density at radius 2 is 1.67 bits per heavy atom. The third-order valence-electron chi connectivity index (χ3n) is 5.99. The first kappa shape index (κ1) is 22.6. The molecule has 0 spiro atoms. The molecule has 1 atom stereocenters. The molecule has 0 radical (unpaired) electrons. The zero-order valence-electron chi connectivity index (χ0n) is 17.4. The summed E-state index contributed by atoms with van der Waals surface area (Å²) in [6.07, 6.45) is 0. The molecule has 3 rings (SSSR count). The van der Waals surface area contributed by atoms with Gasteiger partial charge in [0.15, 0.2) is 4.90 Å². The first-order chi connectivity index (χ1) is 14.3. The highest BCUT2D eigenvalue weighted by molar-refractivity contribution is 7.89. The molecule has 0 saturated carbocycles. The number of nitro benzene ring substituents is 1. The Morgan fingerprint density at radius 1 is 1.07 bits per heavy atom. The van der Waals surface area contributed by atoms with E-state index in [0.717, 1.165) is 19.6 Å². The summed E-state index contributed by atoms with van der Waals surface area (Å²) in [6.45, 7) is 9.31. The number of benzene rings is 1. The van der Waals surface area contributed by atoms with Crippen molar-refractivity contribution in [2.24, 2.45) is 0 Å². The van der Waals surface area contributed by atoms with Crippen LogP contribution < -0.4 is 0 Å². The van der Waals surface area contributed by atoms with E-state index in [1.54, 1.807) is 0 Å². The highest BCUT2D eigenvalue weighted by Crippen LogP contribution is 2.27. The fraction of sp³-hybridized carbons (Fsp3) is 0.632. The predicted molar refractivity (Wildman–Crippen MR) is 112 cm³/mol. The van der Waals surface area contributed by atoms with Crippen LogP contribution in [0.25, 0.3) is 0 Å². The first-order valence-corrected chi connectivity index (χ1v) is 11.7. The summed E-state index contributed by atoms with van der Waals surface area (Å²) in [6, 6.07) is 5.07. The Hall–Kier alpha value is -2.08. The van der Waals surface area contributed by atoms with Gasteiger partial charge in [-0.3, -0.25) is 19.8 Å². The average Bonchev–Trinajstić information content (AvgIpc) is 2.78. The zero-order chi connectivity index (χ0) is 21.9. The molecule has 1 unspecified atom stereocenters. The Balaban J connectivity index is 1.62. The minimum absolute atomic E-state index is 0.0701. The van der Waals surface area contributed by atoms with Crippen molar-refractivity contribution in [2.75, 3.05) is 58.9 Å². The van der Waals surface area contributed by atoms with Crippen molar-refractivity contribution in [1.82, 2.24) is 19.0 Å². The van der Waals surface area contributed by atoms with Crippen molar-refractivity contribution >= 4 is 21.6 Å². The highest BCUT2D eigenvalue weighted by atomic mass is 32.2. The van der Waals surface area contributed by atoms with Gasteiger partial charge < -0.3 is 9.80 Å². The lowest BCUT2D eigenvalue weighted by Crippen LogP contribution is -2.57. The number of carbonyl (C=O) groups is 1. The number of rotatable bonds is 6. The van der Waals surface area contributed by atoms with Crippen molar-refractivity contribution < 1.29 is 18.1 Å². The molecule has 2 fully saturated rings. The van der Waals surface area contributed by atoms with Crippen LogP contribution in [0.2, 0.25) is 0 Å². The molecule has 1 aromatic rings. The van der Waals surface area contributed by atoms with E-state index in [-0.39, 0.29) is 29.9 Å². The van der Waals surface area contributed by atoms with E-state index in [4.69, 9.17) is 0 Å². The van der Waals surface area contributed by atoms with Gasteiger partial charge in [0.1, 0.15) is 0 Å². The van der Waals surface area contributed by atoms with Gasteiger partial charge in [0.05, 0.1) is 11.0 Å². The summed E-state index contributed by atoms with van der Waals surface area (Å²) < 4.78 is 27.2. The third kappa shape index (κ3) is 4.64. The molecule has 0 aliphatic carbocycles. The lowest BCUT2D eigenvalue weighted by atomic mass is 10.2. The molecular formula is C19H29N5O5S. The molecule has 166 valence electrons. The SMILES string of the molecule is CCN1CCN(C(=O)C(C)N2CCN(S(=O)(=O)c3ccccc3[N+](=O)[O-])CC2)CC1. The average molecular weight is 440 g/mol. The van der Waals surface area contributed by atoms with Crippen LogP contribution in [0, 0.1) is 10.1 Å². The first-order valence-electron chi connectivity index (χ1n) is 10.2. The van der Waals surface area contributed by atoms with Gasteiger partial charge in [-0.2, -0.15) is 4.31 Å². The quantitative estimate of drug-likeness (QED) is 0.468. The molecule has 0 N–H and O–H groups in total. The van der Waals surface area contributed by atoms with E-state index in [1.165, 1.54) is 28.6 Å². The smallest absolute Gasteiger partial charge is 0.289 e. The second kappa shape index (κ2) is 9.38. The number of likely N-dealkylation sites (N-methyl/N-ethyl adjacent to an activating group) is 1. The second-order valence-corrected chi connectivity index (χ2v) is 9.51. The molecule has 0 bridgehead atoms. The Kier molecular flexibility index (Phi) is 7.06. The van der Waals surface area contributed by atoms with Crippen LogP contribution in [0.5, 0.6) is 0 Å². The zero-order valence-corrected chi connectivity index (χ0v) is 18.3. The van der Waals surface area contributed by atoms with E-state index in [9.17, 15) is 23.3 Å². The molecule has 1 aromatic carbocycles. The molecule has 2 aliphatic rings. The van der Waals surface area contributed by atoms with E-state index in [0.29, 0.717) is 26.2 Å². The molecule has 1 amide bonds. The maximum Gasteiger partial charge on any atom is 0.289 e. The van der Waals surface area contributed by atoms with Crippen LogP contribution in [0.15, 0.2) is 29.2 Å². The molecule has 2 aliphatic heterocycles. The molecule has 0 aromatic heterocycles. The van der Waals surface area contributed by atoms with E-state index in [2.05, 4.69) is 11.8 Å². The van der Waals surface area contributed by atoms with Gasteiger partial charge in [-0.25, -0.2) is 8.42 Å². The maximum atomic E-state index is 13.0. The van der Waals surface area contributed by atoms with Gasteiger partial charge in [0.25, 0.3) is 5.69 Å². The number of hydrogen-bond acceptors (Lipinski definition) is 7. The fourth-order valence-electron chi connectivity index (χ4n) is 4.00. The third-order valence-corrected chi connectivity index (χ3v) is 7.94. The van der Waals surface area contributed by atoms with E-state index < -0.39 is 20.6 Å². The number of para-hydroxylation sites is 1. The van der Waals surface area contributed by atoms with Crippen molar-refractivity contribution in [3.63, 3.8) is 0 Å². The Bertz CT molecular complexity index is 877. The lowest BCUT2D eigenvalue weighted by molar-refractivity contribution is -0.387. The van der Waals surface area contributed by atoms with Crippen molar-refractivity contribution in [1.29, 1.82) is 0 Å². The number of sulfonamides is 1. The van der Waals surface area contributed by atoms with Gasteiger partial charge in [-0.1, -0.05) is 19.1 Å². The minimum atomic E-state index is -3.97. The highest BCUT2D eigenvalue weighted by Gasteiger charge is 2.36. The summed E-state index contributed by atoms with van der Waals surface area (Å²) in [4.78, 5) is 29.3. The normalized spacial score (nSPS) is 20.8. The van der Waals surface area contributed by atoms with Gasteiger partial charge in [-0.15, -0.1) is 0 Å². The van der Waals surface area contributed by atoms with Gasteiger partial charge >= 0.3 is 0 Å². The van der Waals surface area contributed by atoms with Crippen molar-refractivity contribution in [3.8, 4) is 0 Å². The summed E-state index contributed by atoms with van der Waals surface area (Å²) in [5.74, 6) is 0.0701. The van der Waals surface area contributed by atoms with Gasteiger partial charge in [0, 0.05) is 58.4 Å². The van der Waals surface area contributed by atoms with Crippen LogP contribution in [0.1, 0.15) is 13.8 Å². The van der Waals surface area contributed by atoms with Crippen LogP contribution >= 0.6 is 0 Å². The number of nitro groups is 1. The number of nitrogens with zero attached hydrogens (tertiary/aromatic N) is 5. The molecule has 30 heavy (non-hydrogen) atoms. The molecule has 10 nitrogen and oxygen atoms in total.